The summed E-state index contributed by atoms with van der Waals surface area (Å²) >= 11 is 0. The lowest BCUT2D eigenvalue weighted by atomic mass is 9.95. The van der Waals surface area contributed by atoms with E-state index >= 15 is 0 Å². The highest BCUT2D eigenvalue weighted by molar-refractivity contribution is 5.96. The zero-order chi connectivity index (χ0) is 23.0. The fourth-order valence-corrected chi connectivity index (χ4v) is 3.84. The third-order valence-electron chi connectivity index (χ3n) is 5.75. The number of ether oxygens (including phenoxy) is 2. The maximum Gasteiger partial charge on any atom is 0.262 e. The van der Waals surface area contributed by atoms with Crippen LogP contribution in [-0.4, -0.2) is 29.7 Å². The number of carbonyl (C=O) groups excluding carboxylic acids is 1. The number of unbranched alkanes of at least 4 members (excludes halogenated alkanes) is 3. The molecule has 0 aliphatic carbocycles. The highest BCUT2D eigenvalue weighted by atomic mass is 16.5. The largest absolute Gasteiger partial charge is 0.489 e. The minimum atomic E-state index is -0.797. The number of rotatable bonds is 12. The van der Waals surface area contributed by atoms with Crippen LogP contribution in [0.15, 0.2) is 42.5 Å². The molecule has 6 heteroatoms. The van der Waals surface area contributed by atoms with Gasteiger partial charge in [-0.2, -0.15) is 0 Å². The second-order valence-corrected chi connectivity index (χ2v) is 9.09. The van der Waals surface area contributed by atoms with Crippen molar-refractivity contribution in [3.8, 4) is 11.5 Å². The highest BCUT2D eigenvalue weighted by Crippen LogP contribution is 2.39. The van der Waals surface area contributed by atoms with Crippen LogP contribution in [0.1, 0.15) is 70.1 Å². The SMILES string of the molecule is CCCCCCC(C)(C)NC[C@H](O)c1cc(OCc2ccccc2)cc2c1OCC(=O)N2. The molecule has 1 heterocycles. The number of carbonyl (C=O) groups is 1. The molecule has 2 aromatic carbocycles. The van der Waals surface area contributed by atoms with Crippen LogP contribution in [-0.2, 0) is 11.4 Å². The zero-order valence-corrected chi connectivity index (χ0v) is 19.4. The van der Waals surface area contributed by atoms with Crippen molar-refractivity contribution in [2.75, 3.05) is 18.5 Å². The molecule has 1 amide bonds. The van der Waals surface area contributed by atoms with Crippen LogP contribution in [0, 0.1) is 0 Å². The Labute approximate surface area is 191 Å². The fourth-order valence-electron chi connectivity index (χ4n) is 3.84. The van der Waals surface area contributed by atoms with Crippen molar-refractivity contribution in [1.82, 2.24) is 5.32 Å². The molecule has 3 rings (SSSR count). The summed E-state index contributed by atoms with van der Waals surface area (Å²) in [5.41, 5.74) is 2.10. The maximum atomic E-state index is 11.8. The maximum absolute atomic E-state index is 11.8. The van der Waals surface area contributed by atoms with Gasteiger partial charge in [0, 0.05) is 23.7 Å². The van der Waals surface area contributed by atoms with E-state index in [4.69, 9.17) is 9.47 Å². The number of hydrogen-bond acceptors (Lipinski definition) is 5. The summed E-state index contributed by atoms with van der Waals surface area (Å²) in [5, 5.41) is 17.3. The van der Waals surface area contributed by atoms with Gasteiger partial charge in [-0.05, 0) is 31.9 Å². The molecule has 1 aliphatic rings. The van der Waals surface area contributed by atoms with Crippen molar-refractivity contribution in [3.05, 3.63) is 53.6 Å². The number of anilines is 1. The molecule has 0 fully saturated rings. The Morgan fingerprint density at radius 2 is 1.97 bits per heavy atom. The Balaban J connectivity index is 1.70. The molecule has 174 valence electrons. The second kappa shape index (κ2) is 11.3. The van der Waals surface area contributed by atoms with E-state index in [1.807, 2.05) is 30.3 Å². The average Bonchev–Trinajstić information content (AvgIpc) is 2.79. The standard InChI is InChI=1S/C26H36N2O4/c1-4-5-6-10-13-26(2,3)27-16-23(29)21-14-20(31-17-19-11-8-7-9-12-19)15-22-25(21)32-18-24(30)28-22/h7-9,11-12,14-15,23,27,29H,4-6,10,13,16-18H2,1-3H3,(H,28,30)/t23-/m0/s1. The molecule has 3 N–H and O–H groups in total. The van der Waals surface area contributed by atoms with Gasteiger partial charge < -0.3 is 25.2 Å². The Bertz CT molecular complexity index is 883. The van der Waals surface area contributed by atoms with Gasteiger partial charge >= 0.3 is 0 Å². The Morgan fingerprint density at radius 3 is 2.72 bits per heavy atom. The molecular formula is C26H36N2O4. The summed E-state index contributed by atoms with van der Waals surface area (Å²) in [6, 6.07) is 13.4. The topological polar surface area (TPSA) is 79.8 Å². The number of aliphatic hydroxyl groups is 1. The minimum absolute atomic E-state index is 0.0622. The molecule has 0 saturated carbocycles. The van der Waals surface area contributed by atoms with Gasteiger partial charge in [0.25, 0.3) is 5.91 Å². The molecule has 0 radical (unpaired) electrons. The molecule has 0 bridgehead atoms. The van der Waals surface area contributed by atoms with Crippen molar-refractivity contribution in [2.24, 2.45) is 0 Å². The van der Waals surface area contributed by atoms with Crippen molar-refractivity contribution in [1.29, 1.82) is 0 Å². The fraction of sp³-hybridized carbons (Fsp3) is 0.500. The van der Waals surface area contributed by atoms with Crippen LogP contribution in [0.2, 0.25) is 0 Å². The molecule has 6 nitrogen and oxygen atoms in total. The van der Waals surface area contributed by atoms with Gasteiger partial charge in [-0.3, -0.25) is 4.79 Å². The Kier molecular flexibility index (Phi) is 8.53. The van der Waals surface area contributed by atoms with E-state index in [-0.39, 0.29) is 18.1 Å². The van der Waals surface area contributed by atoms with Crippen molar-refractivity contribution in [3.63, 3.8) is 0 Å². The molecule has 32 heavy (non-hydrogen) atoms. The molecule has 0 spiro atoms. The monoisotopic (exact) mass is 440 g/mol. The van der Waals surface area contributed by atoms with Crippen LogP contribution in [0.5, 0.6) is 11.5 Å². The number of nitrogens with one attached hydrogen (secondary N) is 2. The van der Waals surface area contributed by atoms with Crippen molar-refractivity contribution >= 4 is 11.6 Å². The normalized spacial score (nSPS) is 14.3. The lowest BCUT2D eigenvalue weighted by Crippen LogP contribution is -2.41. The predicted octanol–water partition coefficient (Wildman–Crippen LogP) is 4.97. The molecule has 1 aliphatic heterocycles. The van der Waals surface area contributed by atoms with Gasteiger partial charge in [0.15, 0.2) is 6.61 Å². The predicted molar refractivity (Wildman–Crippen MR) is 127 cm³/mol. The van der Waals surface area contributed by atoms with Crippen LogP contribution >= 0.6 is 0 Å². The number of amides is 1. The molecule has 1 atom stereocenters. The van der Waals surface area contributed by atoms with Crippen LogP contribution < -0.4 is 20.1 Å². The van der Waals surface area contributed by atoms with Crippen LogP contribution in [0.4, 0.5) is 5.69 Å². The van der Waals surface area contributed by atoms with Gasteiger partial charge in [-0.25, -0.2) is 0 Å². The lowest BCUT2D eigenvalue weighted by Gasteiger charge is -2.29. The molecule has 0 aromatic heterocycles. The molecular weight excluding hydrogens is 404 g/mol. The van der Waals surface area contributed by atoms with Gasteiger partial charge in [0.2, 0.25) is 0 Å². The summed E-state index contributed by atoms with van der Waals surface area (Å²) < 4.78 is 11.6. The first kappa shape index (κ1) is 24.1. The molecule has 0 unspecified atom stereocenters. The van der Waals surface area contributed by atoms with E-state index in [0.717, 1.165) is 18.4 Å². The molecule has 2 aromatic rings. The quantitative estimate of drug-likeness (QED) is 0.406. The summed E-state index contributed by atoms with van der Waals surface area (Å²) in [5.74, 6) is 0.863. The second-order valence-electron chi connectivity index (χ2n) is 9.09. The summed E-state index contributed by atoms with van der Waals surface area (Å²) in [6.07, 6.45) is 5.11. The first-order valence-corrected chi connectivity index (χ1v) is 11.6. The Morgan fingerprint density at radius 1 is 1.19 bits per heavy atom. The van der Waals surface area contributed by atoms with Gasteiger partial charge in [-0.1, -0.05) is 62.9 Å². The van der Waals surface area contributed by atoms with E-state index in [9.17, 15) is 9.90 Å². The highest BCUT2D eigenvalue weighted by Gasteiger charge is 2.26. The Hall–Kier alpha value is -2.57. The number of aliphatic hydroxyl groups excluding tert-OH is 1. The van der Waals surface area contributed by atoms with Crippen LogP contribution in [0.3, 0.4) is 0 Å². The van der Waals surface area contributed by atoms with E-state index in [1.165, 1.54) is 19.3 Å². The summed E-state index contributed by atoms with van der Waals surface area (Å²) in [7, 11) is 0. The third kappa shape index (κ3) is 6.97. The smallest absolute Gasteiger partial charge is 0.262 e. The van der Waals surface area contributed by atoms with E-state index < -0.39 is 6.10 Å². The van der Waals surface area contributed by atoms with Crippen molar-refractivity contribution in [2.45, 2.75) is 71.1 Å². The summed E-state index contributed by atoms with van der Waals surface area (Å²) in [6.45, 7) is 7.25. The third-order valence-corrected chi connectivity index (χ3v) is 5.75. The van der Waals surface area contributed by atoms with Gasteiger partial charge in [0.05, 0.1) is 11.8 Å². The average molecular weight is 441 g/mol. The number of β-amino-alcohol motifs (C(OH)–C–C–N with tert-alkyl or cyclic N) is 1. The van der Waals surface area contributed by atoms with E-state index in [2.05, 4.69) is 31.4 Å². The van der Waals surface area contributed by atoms with Gasteiger partial charge in [-0.15, -0.1) is 0 Å². The van der Waals surface area contributed by atoms with Crippen LogP contribution in [0.25, 0.3) is 0 Å². The zero-order valence-electron chi connectivity index (χ0n) is 19.4. The molecule has 0 saturated heterocycles. The number of fused-ring (bicyclic) bond motifs is 1. The number of hydrogen-bond donors (Lipinski definition) is 3. The summed E-state index contributed by atoms with van der Waals surface area (Å²) in [4.78, 5) is 11.8. The van der Waals surface area contributed by atoms with E-state index in [0.29, 0.717) is 35.9 Å². The van der Waals surface area contributed by atoms with Crippen molar-refractivity contribution < 1.29 is 19.4 Å². The first-order chi connectivity index (χ1) is 15.4. The lowest BCUT2D eigenvalue weighted by molar-refractivity contribution is -0.118. The van der Waals surface area contributed by atoms with Gasteiger partial charge in [0.1, 0.15) is 18.1 Å². The number of benzene rings is 2. The first-order valence-electron chi connectivity index (χ1n) is 11.6. The van der Waals surface area contributed by atoms with E-state index in [1.54, 1.807) is 12.1 Å². The minimum Gasteiger partial charge on any atom is -0.489 e.